The molecule has 22 heavy (non-hydrogen) atoms. The molecule has 0 spiro atoms. The monoisotopic (exact) mass is 312 g/mol. The van der Waals surface area contributed by atoms with Crippen LogP contribution in [-0.4, -0.2) is 61.1 Å². The summed E-state index contributed by atoms with van der Waals surface area (Å²) in [5, 5.41) is 2.80. The maximum absolute atomic E-state index is 12.0. The zero-order valence-corrected chi connectivity index (χ0v) is 13.2. The number of hydrogen-bond donors (Lipinski definition) is 1. The van der Waals surface area contributed by atoms with E-state index in [4.69, 9.17) is 9.47 Å². The van der Waals surface area contributed by atoms with Crippen LogP contribution in [0.4, 0.5) is 0 Å². The minimum absolute atomic E-state index is 0.0410. The smallest absolute Gasteiger partial charge is 0.335 e. The predicted octanol–water partition coefficient (Wildman–Crippen LogP) is 0.248. The molecule has 0 bridgehead atoms. The molecule has 0 aromatic heterocycles. The number of likely N-dealkylation sites (tertiary alicyclic amines) is 1. The fraction of sp³-hybridized carbons (Fsp3) is 0.667. The topological polar surface area (TPSA) is 84.9 Å². The molecule has 1 aliphatic rings. The van der Waals surface area contributed by atoms with E-state index in [1.807, 2.05) is 0 Å². The van der Waals surface area contributed by atoms with Crippen LogP contribution < -0.4 is 5.32 Å². The molecule has 1 aliphatic heterocycles. The number of hydrogen-bond acceptors (Lipinski definition) is 5. The number of amides is 2. The predicted molar refractivity (Wildman–Crippen MR) is 80.0 cm³/mol. The van der Waals surface area contributed by atoms with Crippen LogP contribution in [0.25, 0.3) is 0 Å². The van der Waals surface area contributed by atoms with Crippen molar-refractivity contribution in [1.29, 1.82) is 0 Å². The van der Waals surface area contributed by atoms with Gasteiger partial charge < -0.3 is 19.7 Å². The Labute approximate surface area is 130 Å². The normalized spacial score (nSPS) is 19.2. The van der Waals surface area contributed by atoms with Crippen molar-refractivity contribution in [3.63, 3.8) is 0 Å². The van der Waals surface area contributed by atoms with Crippen LogP contribution in [0.2, 0.25) is 0 Å². The first-order valence-electron chi connectivity index (χ1n) is 7.38. The van der Waals surface area contributed by atoms with E-state index in [9.17, 15) is 14.4 Å². The molecular formula is C15H24N2O5. The Kier molecular flexibility index (Phi) is 7.59. The molecular weight excluding hydrogens is 288 g/mol. The molecule has 0 saturated carbocycles. The summed E-state index contributed by atoms with van der Waals surface area (Å²) in [6.45, 7) is 7.48. The van der Waals surface area contributed by atoms with Gasteiger partial charge in [-0.3, -0.25) is 9.59 Å². The fourth-order valence-electron chi connectivity index (χ4n) is 2.23. The van der Waals surface area contributed by atoms with E-state index in [0.29, 0.717) is 13.1 Å². The molecule has 2 atom stereocenters. The van der Waals surface area contributed by atoms with Gasteiger partial charge in [0.15, 0.2) is 12.7 Å². The molecule has 1 N–H and O–H groups in total. The van der Waals surface area contributed by atoms with E-state index in [0.717, 1.165) is 12.8 Å². The highest BCUT2D eigenvalue weighted by atomic mass is 16.6. The van der Waals surface area contributed by atoms with Crippen molar-refractivity contribution in [3.8, 4) is 0 Å². The highest BCUT2D eigenvalue weighted by Crippen LogP contribution is 2.10. The van der Waals surface area contributed by atoms with Crippen LogP contribution in [-0.2, 0) is 23.9 Å². The minimum Gasteiger partial charge on any atom is -0.454 e. The van der Waals surface area contributed by atoms with Gasteiger partial charge in [-0.2, -0.15) is 0 Å². The van der Waals surface area contributed by atoms with Crippen molar-refractivity contribution in [3.05, 3.63) is 12.7 Å². The van der Waals surface area contributed by atoms with Gasteiger partial charge in [-0.15, -0.1) is 6.58 Å². The summed E-state index contributed by atoms with van der Waals surface area (Å²) in [6, 6.07) is -0.0410. The van der Waals surface area contributed by atoms with Gasteiger partial charge in [-0.25, -0.2) is 4.79 Å². The molecule has 1 saturated heterocycles. The van der Waals surface area contributed by atoms with Gasteiger partial charge in [-0.1, -0.05) is 6.08 Å². The highest BCUT2D eigenvalue weighted by molar-refractivity contribution is 5.82. The average Bonchev–Trinajstić information content (AvgIpc) is 2.49. The molecule has 0 aromatic carbocycles. The fourth-order valence-corrected chi connectivity index (χ4v) is 2.23. The van der Waals surface area contributed by atoms with Gasteiger partial charge in [0.1, 0.15) is 0 Å². The van der Waals surface area contributed by atoms with Crippen LogP contribution in [0.5, 0.6) is 0 Å². The Bertz CT molecular complexity index is 424. The lowest BCUT2D eigenvalue weighted by Gasteiger charge is -2.32. The summed E-state index contributed by atoms with van der Waals surface area (Å²) in [5.41, 5.74) is 0. The van der Waals surface area contributed by atoms with Crippen LogP contribution in [0.3, 0.4) is 0 Å². The van der Waals surface area contributed by atoms with E-state index < -0.39 is 12.1 Å². The van der Waals surface area contributed by atoms with Crippen molar-refractivity contribution < 1.29 is 23.9 Å². The molecule has 1 fully saturated rings. The second-order valence-electron chi connectivity index (χ2n) is 5.25. The summed E-state index contributed by atoms with van der Waals surface area (Å²) in [7, 11) is 0. The first-order chi connectivity index (χ1) is 10.4. The maximum atomic E-state index is 12.0. The molecule has 0 aliphatic carbocycles. The molecule has 2 unspecified atom stereocenters. The zero-order chi connectivity index (χ0) is 16.5. The highest BCUT2D eigenvalue weighted by Gasteiger charge is 2.25. The number of nitrogens with one attached hydrogen (secondary N) is 1. The SMILES string of the molecule is C=CCOC(C)C(=O)OCC(=O)N1CCCC(NC(C)=O)C1. The first-order valence-corrected chi connectivity index (χ1v) is 7.38. The number of esters is 1. The molecule has 7 heteroatoms. The van der Waals surface area contributed by atoms with Gasteiger partial charge in [0.05, 0.1) is 6.61 Å². The molecule has 1 heterocycles. The van der Waals surface area contributed by atoms with Gasteiger partial charge in [0.25, 0.3) is 5.91 Å². The van der Waals surface area contributed by atoms with Crippen molar-refractivity contribution in [2.24, 2.45) is 0 Å². The Hall–Kier alpha value is -1.89. The first kappa shape index (κ1) is 18.2. The van der Waals surface area contributed by atoms with E-state index in [1.54, 1.807) is 11.8 Å². The van der Waals surface area contributed by atoms with Crippen molar-refractivity contribution >= 4 is 17.8 Å². The largest absolute Gasteiger partial charge is 0.454 e. The summed E-state index contributed by atoms with van der Waals surface area (Å²) >= 11 is 0. The third-order valence-corrected chi connectivity index (χ3v) is 3.32. The third kappa shape index (κ3) is 6.26. The number of rotatable bonds is 7. The standard InChI is InChI=1S/C15H24N2O5/c1-4-8-21-11(2)15(20)22-10-14(19)17-7-5-6-13(9-17)16-12(3)18/h4,11,13H,1,5-10H2,2-3H3,(H,16,18). The number of carbonyl (C=O) groups excluding carboxylic acids is 3. The average molecular weight is 312 g/mol. The second kappa shape index (κ2) is 9.19. The third-order valence-electron chi connectivity index (χ3n) is 3.32. The van der Waals surface area contributed by atoms with E-state index >= 15 is 0 Å². The van der Waals surface area contributed by atoms with Crippen molar-refractivity contribution in [1.82, 2.24) is 10.2 Å². The number of ether oxygens (including phenoxy) is 2. The number of piperidine rings is 1. The van der Waals surface area contributed by atoms with Crippen LogP contribution in [0, 0.1) is 0 Å². The second-order valence-corrected chi connectivity index (χ2v) is 5.25. The minimum atomic E-state index is -0.737. The Balaban J connectivity index is 2.36. The van der Waals surface area contributed by atoms with Gasteiger partial charge in [-0.05, 0) is 19.8 Å². The Morgan fingerprint density at radius 1 is 1.45 bits per heavy atom. The lowest BCUT2D eigenvalue weighted by atomic mass is 10.1. The molecule has 7 nitrogen and oxygen atoms in total. The van der Waals surface area contributed by atoms with Gasteiger partial charge in [0.2, 0.25) is 5.91 Å². The molecule has 0 aromatic rings. The van der Waals surface area contributed by atoms with Crippen molar-refractivity contribution in [2.45, 2.75) is 38.8 Å². The Morgan fingerprint density at radius 2 is 2.18 bits per heavy atom. The van der Waals surface area contributed by atoms with E-state index in [2.05, 4.69) is 11.9 Å². The van der Waals surface area contributed by atoms with Crippen LogP contribution >= 0.6 is 0 Å². The Morgan fingerprint density at radius 3 is 2.82 bits per heavy atom. The molecule has 2 amide bonds. The molecule has 1 rings (SSSR count). The quantitative estimate of drug-likeness (QED) is 0.538. The van der Waals surface area contributed by atoms with Crippen molar-refractivity contribution in [2.75, 3.05) is 26.3 Å². The lowest BCUT2D eigenvalue weighted by molar-refractivity contribution is -0.161. The van der Waals surface area contributed by atoms with Gasteiger partial charge in [0, 0.05) is 26.1 Å². The zero-order valence-electron chi connectivity index (χ0n) is 13.2. The van der Waals surface area contributed by atoms with Gasteiger partial charge >= 0.3 is 5.97 Å². The lowest BCUT2D eigenvalue weighted by Crippen LogP contribution is -2.50. The summed E-state index contributed by atoms with van der Waals surface area (Å²) in [4.78, 5) is 36.4. The maximum Gasteiger partial charge on any atom is 0.335 e. The van der Waals surface area contributed by atoms with E-state index in [1.165, 1.54) is 13.0 Å². The number of carbonyl (C=O) groups is 3. The van der Waals surface area contributed by atoms with Crippen LogP contribution in [0.1, 0.15) is 26.7 Å². The summed E-state index contributed by atoms with van der Waals surface area (Å²) in [6.07, 6.45) is 2.45. The molecule has 0 radical (unpaired) electrons. The summed E-state index contributed by atoms with van der Waals surface area (Å²) < 4.78 is 10.1. The summed E-state index contributed by atoms with van der Waals surface area (Å²) in [5.74, 6) is -0.955. The van der Waals surface area contributed by atoms with Crippen LogP contribution in [0.15, 0.2) is 12.7 Å². The number of nitrogens with zero attached hydrogens (tertiary/aromatic N) is 1. The molecule has 124 valence electrons. The van der Waals surface area contributed by atoms with E-state index in [-0.39, 0.29) is 31.1 Å².